The summed E-state index contributed by atoms with van der Waals surface area (Å²) in [7, 11) is 0. The van der Waals surface area contributed by atoms with Crippen LogP contribution in [0, 0.1) is 11.3 Å². The standard InChI is InChI=1S/C17H14N3.ClH/c18-14-17(8-2-1-3-9-17)20-12-6-16(7-13-20)15-4-10-19-11-5-15;/h1-8,10-13H,9H2;1H/q+1;/p-1. The van der Waals surface area contributed by atoms with E-state index in [0.717, 1.165) is 11.1 Å². The number of hydrogen-bond acceptors (Lipinski definition) is 2. The maximum absolute atomic E-state index is 9.52. The van der Waals surface area contributed by atoms with Crippen LogP contribution in [0.1, 0.15) is 6.42 Å². The summed E-state index contributed by atoms with van der Waals surface area (Å²) in [5.41, 5.74) is 1.63. The van der Waals surface area contributed by atoms with Crippen LogP contribution in [0.3, 0.4) is 0 Å². The number of rotatable bonds is 2. The van der Waals surface area contributed by atoms with Crippen LogP contribution in [0.25, 0.3) is 11.1 Å². The molecule has 2 heterocycles. The van der Waals surface area contributed by atoms with Gasteiger partial charge < -0.3 is 12.4 Å². The van der Waals surface area contributed by atoms with E-state index in [1.54, 1.807) is 12.4 Å². The van der Waals surface area contributed by atoms with Crippen LogP contribution >= 0.6 is 0 Å². The first-order valence-electron chi connectivity index (χ1n) is 6.52. The average molecular weight is 296 g/mol. The first-order valence-corrected chi connectivity index (χ1v) is 6.52. The molecule has 21 heavy (non-hydrogen) atoms. The number of halogens is 1. The van der Waals surface area contributed by atoms with Gasteiger partial charge in [0.1, 0.15) is 6.07 Å². The van der Waals surface area contributed by atoms with Gasteiger partial charge >= 0.3 is 0 Å². The van der Waals surface area contributed by atoms with Crippen molar-refractivity contribution in [3.8, 4) is 17.2 Å². The quantitative estimate of drug-likeness (QED) is 0.719. The van der Waals surface area contributed by atoms with Gasteiger partial charge in [-0.3, -0.25) is 4.98 Å². The Morgan fingerprint density at radius 3 is 2.29 bits per heavy atom. The molecular weight excluding hydrogens is 282 g/mol. The summed E-state index contributed by atoms with van der Waals surface area (Å²) in [4.78, 5) is 4.02. The van der Waals surface area contributed by atoms with Gasteiger partial charge in [-0.2, -0.15) is 9.83 Å². The largest absolute Gasteiger partial charge is 1.00 e. The van der Waals surface area contributed by atoms with Crippen LogP contribution in [0.5, 0.6) is 0 Å². The minimum Gasteiger partial charge on any atom is -1.00 e. The van der Waals surface area contributed by atoms with Crippen LogP contribution in [0.2, 0.25) is 0 Å². The third kappa shape index (κ3) is 2.86. The molecule has 0 fully saturated rings. The van der Waals surface area contributed by atoms with Crippen molar-refractivity contribution >= 4 is 0 Å². The lowest BCUT2D eigenvalue weighted by atomic mass is 9.92. The molecule has 2 aromatic rings. The predicted molar refractivity (Wildman–Crippen MR) is 76.4 cm³/mol. The minimum atomic E-state index is -0.606. The zero-order valence-corrected chi connectivity index (χ0v) is 12.1. The van der Waals surface area contributed by atoms with Crippen molar-refractivity contribution in [3.05, 3.63) is 73.4 Å². The highest BCUT2D eigenvalue weighted by atomic mass is 35.5. The summed E-state index contributed by atoms with van der Waals surface area (Å²) in [6.45, 7) is 0. The van der Waals surface area contributed by atoms with Crippen molar-refractivity contribution in [2.75, 3.05) is 0 Å². The molecule has 1 aliphatic rings. The Bertz CT molecular complexity index is 699. The van der Waals surface area contributed by atoms with Gasteiger partial charge in [-0.15, -0.1) is 0 Å². The molecule has 1 unspecified atom stereocenters. The summed E-state index contributed by atoms with van der Waals surface area (Å²) < 4.78 is 1.96. The molecular formula is C17H14ClN3. The zero-order chi connectivity index (χ0) is 13.8. The molecule has 0 aliphatic heterocycles. The van der Waals surface area contributed by atoms with E-state index in [1.165, 1.54) is 0 Å². The van der Waals surface area contributed by atoms with Gasteiger partial charge in [0.15, 0.2) is 12.4 Å². The lowest BCUT2D eigenvalue weighted by Gasteiger charge is -2.17. The van der Waals surface area contributed by atoms with Gasteiger partial charge in [-0.05, 0) is 23.3 Å². The van der Waals surface area contributed by atoms with Gasteiger partial charge in [0.05, 0.1) is 0 Å². The zero-order valence-electron chi connectivity index (χ0n) is 11.4. The molecule has 1 atom stereocenters. The summed E-state index contributed by atoms with van der Waals surface area (Å²) >= 11 is 0. The summed E-state index contributed by atoms with van der Waals surface area (Å²) in [6, 6.07) is 10.4. The van der Waals surface area contributed by atoms with Gasteiger partial charge in [0, 0.05) is 37.0 Å². The molecule has 3 rings (SSSR count). The Hall–Kier alpha value is -2.44. The van der Waals surface area contributed by atoms with E-state index in [1.807, 2.05) is 65.5 Å². The van der Waals surface area contributed by atoms with E-state index >= 15 is 0 Å². The third-order valence-corrected chi connectivity index (χ3v) is 3.55. The number of aromatic nitrogens is 2. The highest BCUT2D eigenvalue weighted by Gasteiger charge is 2.36. The molecule has 0 spiro atoms. The Morgan fingerprint density at radius 1 is 1.05 bits per heavy atom. The topological polar surface area (TPSA) is 40.6 Å². The molecule has 4 heteroatoms. The van der Waals surface area contributed by atoms with E-state index < -0.39 is 5.54 Å². The monoisotopic (exact) mass is 295 g/mol. The predicted octanol–water partition coefficient (Wildman–Crippen LogP) is -0.225. The second kappa shape index (κ2) is 6.34. The molecule has 0 N–H and O–H groups in total. The molecule has 0 saturated carbocycles. The minimum absolute atomic E-state index is 0. The maximum atomic E-state index is 9.52. The highest BCUT2D eigenvalue weighted by Crippen LogP contribution is 2.21. The van der Waals surface area contributed by atoms with E-state index in [2.05, 4.69) is 11.1 Å². The van der Waals surface area contributed by atoms with Crippen molar-refractivity contribution in [2.24, 2.45) is 0 Å². The number of pyridine rings is 2. The van der Waals surface area contributed by atoms with Crippen LogP contribution in [-0.4, -0.2) is 4.98 Å². The van der Waals surface area contributed by atoms with E-state index in [4.69, 9.17) is 0 Å². The number of hydrogen-bond donors (Lipinski definition) is 0. The third-order valence-electron chi connectivity index (χ3n) is 3.55. The van der Waals surface area contributed by atoms with Crippen LogP contribution < -0.4 is 17.0 Å². The lowest BCUT2D eigenvalue weighted by Crippen LogP contribution is -3.00. The molecule has 104 valence electrons. The summed E-state index contributed by atoms with van der Waals surface area (Å²) in [5.74, 6) is 0. The van der Waals surface area contributed by atoms with Crippen LogP contribution in [0.15, 0.2) is 73.4 Å². The summed E-state index contributed by atoms with van der Waals surface area (Å²) in [5, 5.41) is 9.52. The first-order chi connectivity index (χ1) is 9.84. The Kier molecular flexibility index (Phi) is 4.52. The van der Waals surface area contributed by atoms with Crippen molar-refractivity contribution in [1.82, 2.24) is 4.98 Å². The normalized spacial score (nSPS) is 19.6. The smallest absolute Gasteiger partial charge is 0.275 e. The van der Waals surface area contributed by atoms with Crippen molar-refractivity contribution < 1.29 is 17.0 Å². The number of nitriles is 1. The second-order valence-electron chi connectivity index (χ2n) is 4.76. The molecule has 0 aromatic carbocycles. The fourth-order valence-corrected chi connectivity index (χ4v) is 2.37. The maximum Gasteiger partial charge on any atom is 0.275 e. The van der Waals surface area contributed by atoms with Gasteiger partial charge in [-0.1, -0.05) is 18.2 Å². The van der Waals surface area contributed by atoms with Crippen molar-refractivity contribution in [2.45, 2.75) is 12.0 Å². The molecule has 3 nitrogen and oxygen atoms in total. The Morgan fingerprint density at radius 2 is 1.71 bits per heavy atom. The second-order valence-corrected chi connectivity index (χ2v) is 4.76. The molecule has 0 saturated heterocycles. The SMILES string of the molecule is N#CC1([n+]2ccc(-c3ccncc3)cc2)C=CC=CC1.[Cl-]. The number of allylic oxidation sites excluding steroid dienone is 4. The van der Waals surface area contributed by atoms with E-state index in [9.17, 15) is 5.26 Å². The van der Waals surface area contributed by atoms with Gasteiger partial charge in [-0.25, -0.2) is 0 Å². The number of nitrogens with zero attached hydrogens (tertiary/aromatic N) is 3. The van der Waals surface area contributed by atoms with Crippen LogP contribution in [0.4, 0.5) is 0 Å². The Labute approximate surface area is 130 Å². The highest BCUT2D eigenvalue weighted by molar-refractivity contribution is 5.61. The fourth-order valence-electron chi connectivity index (χ4n) is 2.37. The average Bonchev–Trinajstić information content (AvgIpc) is 2.56. The lowest BCUT2D eigenvalue weighted by molar-refractivity contribution is -0.738. The Balaban J connectivity index is 0.00000161. The van der Waals surface area contributed by atoms with E-state index in [-0.39, 0.29) is 12.4 Å². The molecule has 1 aliphatic carbocycles. The van der Waals surface area contributed by atoms with Crippen molar-refractivity contribution in [1.29, 1.82) is 5.26 Å². The fraction of sp³-hybridized carbons (Fsp3) is 0.118. The van der Waals surface area contributed by atoms with Gasteiger partial charge in [0.2, 0.25) is 0 Å². The van der Waals surface area contributed by atoms with E-state index in [0.29, 0.717) is 6.42 Å². The molecule has 2 aromatic heterocycles. The molecule has 0 amide bonds. The van der Waals surface area contributed by atoms with Gasteiger partial charge in [0.25, 0.3) is 5.54 Å². The van der Waals surface area contributed by atoms with Crippen LogP contribution in [-0.2, 0) is 5.54 Å². The molecule has 0 radical (unpaired) electrons. The van der Waals surface area contributed by atoms with Crippen molar-refractivity contribution in [3.63, 3.8) is 0 Å². The molecule has 0 bridgehead atoms. The summed E-state index contributed by atoms with van der Waals surface area (Å²) in [6.07, 6.45) is 16.0. The first kappa shape index (κ1) is 15.0.